The molecule has 2 aromatic rings. The molecule has 0 aliphatic heterocycles. The number of anilines is 2. The zero-order valence-electron chi connectivity index (χ0n) is 14.5. The van der Waals surface area contributed by atoms with Crippen molar-refractivity contribution in [3.63, 3.8) is 0 Å². The van der Waals surface area contributed by atoms with Crippen LogP contribution >= 0.6 is 0 Å². The minimum atomic E-state index is -0.244. The molecule has 3 amide bonds. The Kier molecular flexibility index (Phi) is 6.98. The van der Waals surface area contributed by atoms with E-state index in [-0.39, 0.29) is 18.5 Å². The van der Waals surface area contributed by atoms with E-state index in [1.54, 1.807) is 36.2 Å². The Balaban J connectivity index is 1.87. The molecule has 6 nitrogen and oxygen atoms in total. The Morgan fingerprint density at radius 3 is 2.36 bits per heavy atom. The van der Waals surface area contributed by atoms with Crippen molar-refractivity contribution < 1.29 is 14.3 Å². The predicted octanol–water partition coefficient (Wildman–Crippen LogP) is 2.98. The second-order valence-corrected chi connectivity index (χ2v) is 5.65. The Morgan fingerprint density at radius 2 is 1.68 bits per heavy atom. The predicted molar refractivity (Wildman–Crippen MR) is 98.7 cm³/mol. The molecular formula is C19H23N3O3. The number of urea groups is 1. The molecule has 0 saturated heterocycles. The average Bonchev–Trinajstić information content (AvgIpc) is 2.61. The first-order chi connectivity index (χ1) is 12.1. The lowest BCUT2D eigenvalue weighted by molar-refractivity contribution is -0.119. The van der Waals surface area contributed by atoms with Gasteiger partial charge >= 0.3 is 6.03 Å². The molecule has 0 atom stereocenters. The molecule has 0 bridgehead atoms. The van der Waals surface area contributed by atoms with Crippen molar-refractivity contribution >= 4 is 23.3 Å². The standard InChI is InChI=1S/C19H23N3O3/c1-22(12-11-15-7-4-3-5-8-15)19(24)21-17-10-6-9-16(13-17)20-18(23)14-25-2/h3-10,13H,11-12,14H2,1-2H3,(H,20,23)(H,21,24). The van der Waals surface area contributed by atoms with Crippen LogP contribution in [0.5, 0.6) is 0 Å². The first-order valence-corrected chi connectivity index (χ1v) is 8.03. The van der Waals surface area contributed by atoms with Gasteiger partial charge in [0.15, 0.2) is 0 Å². The quantitative estimate of drug-likeness (QED) is 0.813. The Hall–Kier alpha value is -2.86. The molecule has 0 aliphatic carbocycles. The fourth-order valence-electron chi connectivity index (χ4n) is 2.26. The fraction of sp³-hybridized carbons (Fsp3) is 0.263. The number of benzene rings is 2. The van der Waals surface area contributed by atoms with Crippen LogP contribution in [0, 0.1) is 0 Å². The van der Waals surface area contributed by atoms with E-state index in [1.807, 2.05) is 30.3 Å². The average molecular weight is 341 g/mol. The van der Waals surface area contributed by atoms with E-state index < -0.39 is 0 Å². The number of carbonyl (C=O) groups is 2. The maximum atomic E-state index is 12.3. The van der Waals surface area contributed by atoms with Crippen molar-refractivity contribution in [1.82, 2.24) is 4.90 Å². The largest absolute Gasteiger partial charge is 0.375 e. The van der Waals surface area contributed by atoms with Crippen LogP contribution in [0.3, 0.4) is 0 Å². The number of carbonyl (C=O) groups excluding carboxylic acids is 2. The number of ether oxygens (including phenoxy) is 1. The number of hydrogen-bond acceptors (Lipinski definition) is 3. The van der Waals surface area contributed by atoms with Gasteiger partial charge < -0.3 is 20.3 Å². The molecule has 2 aromatic carbocycles. The van der Waals surface area contributed by atoms with Crippen LogP contribution in [0.2, 0.25) is 0 Å². The molecule has 0 aliphatic rings. The third-order valence-corrected chi connectivity index (χ3v) is 3.60. The normalized spacial score (nSPS) is 10.2. The number of nitrogens with one attached hydrogen (secondary N) is 2. The van der Waals surface area contributed by atoms with Crippen molar-refractivity contribution in [1.29, 1.82) is 0 Å². The van der Waals surface area contributed by atoms with Gasteiger partial charge in [0, 0.05) is 32.1 Å². The van der Waals surface area contributed by atoms with Crippen LogP contribution in [0.4, 0.5) is 16.2 Å². The molecule has 0 spiro atoms. The maximum Gasteiger partial charge on any atom is 0.321 e. The van der Waals surface area contributed by atoms with Gasteiger partial charge in [0.2, 0.25) is 5.91 Å². The molecule has 2 rings (SSSR count). The Bertz CT molecular complexity index is 704. The number of hydrogen-bond donors (Lipinski definition) is 2. The lowest BCUT2D eigenvalue weighted by Crippen LogP contribution is -2.33. The van der Waals surface area contributed by atoms with E-state index in [1.165, 1.54) is 12.7 Å². The lowest BCUT2D eigenvalue weighted by atomic mass is 10.1. The minimum Gasteiger partial charge on any atom is -0.375 e. The second-order valence-electron chi connectivity index (χ2n) is 5.65. The van der Waals surface area contributed by atoms with E-state index in [0.717, 1.165) is 6.42 Å². The first-order valence-electron chi connectivity index (χ1n) is 8.03. The van der Waals surface area contributed by atoms with Crippen LogP contribution in [0.15, 0.2) is 54.6 Å². The van der Waals surface area contributed by atoms with Gasteiger partial charge in [-0.15, -0.1) is 0 Å². The van der Waals surface area contributed by atoms with Gasteiger partial charge in [-0.3, -0.25) is 4.79 Å². The molecule has 0 saturated carbocycles. The Labute approximate surface area is 147 Å². The van der Waals surface area contributed by atoms with Gasteiger partial charge in [0.25, 0.3) is 0 Å². The summed E-state index contributed by atoms with van der Waals surface area (Å²) in [6, 6.07) is 16.8. The molecule has 0 radical (unpaired) electrons. The zero-order chi connectivity index (χ0) is 18.1. The fourth-order valence-corrected chi connectivity index (χ4v) is 2.26. The monoisotopic (exact) mass is 341 g/mol. The topological polar surface area (TPSA) is 70.7 Å². The third kappa shape index (κ3) is 6.27. The zero-order valence-corrected chi connectivity index (χ0v) is 14.5. The van der Waals surface area contributed by atoms with E-state index in [4.69, 9.17) is 4.74 Å². The third-order valence-electron chi connectivity index (χ3n) is 3.60. The summed E-state index contributed by atoms with van der Waals surface area (Å²) in [5.74, 6) is -0.244. The summed E-state index contributed by atoms with van der Waals surface area (Å²) in [6.45, 7) is 0.596. The van der Waals surface area contributed by atoms with Gasteiger partial charge in [-0.2, -0.15) is 0 Å². The maximum absolute atomic E-state index is 12.3. The smallest absolute Gasteiger partial charge is 0.321 e. The van der Waals surface area contributed by atoms with Gasteiger partial charge in [-0.1, -0.05) is 36.4 Å². The summed E-state index contributed by atoms with van der Waals surface area (Å²) in [7, 11) is 3.21. The van der Waals surface area contributed by atoms with Crippen molar-refractivity contribution in [2.45, 2.75) is 6.42 Å². The van der Waals surface area contributed by atoms with Crippen molar-refractivity contribution in [3.8, 4) is 0 Å². The van der Waals surface area contributed by atoms with Gasteiger partial charge in [-0.05, 0) is 30.2 Å². The molecule has 6 heteroatoms. The van der Waals surface area contributed by atoms with Crippen LogP contribution in [0.1, 0.15) is 5.56 Å². The van der Waals surface area contributed by atoms with E-state index in [0.29, 0.717) is 17.9 Å². The lowest BCUT2D eigenvalue weighted by Gasteiger charge is -2.18. The van der Waals surface area contributed by atoms with E-state index in [9.17, 15) is 9.59 Å². The molecule has 0 aromatic heterocycles. The molecule has 0 unspecified atom stereocenters. The minimum absolute atomic E-state index is 0.0151. The molecule has 0 fully saturated rings. The highest BCUT2D eigenvalue weighted by Gasteiger charge is 2.09. The van der Waals surface area contributed by atoms with Crippen molar-refractivity contribution in [2.24, 2.45) is 0 Å². The highest BCUT2D eigenvalue weighted by atomic mass is 16.5. The number of methoxy groups -OCH3 is 1. The second kappa shape index (κ2) is 9.44. The summed E-state index contributed by atoms with van der Waals surface area (Å²) >= 11 is 0. The number of amides is 3. The first kappa shape index (κ1) is 18.5. The SMILES string of the molecule is COCC(=O)Nc1cccc(NC(=O)N(C)CCc2ccccc2)c1. The van der Waals surface area contributed by atoms with E-state index in [2.05, 4.69) is 10.6 Å². The summed E-state index contributed by atoms with van der Waals surface area (Å²) in [5.41, 5.74) is 2.41. The molecule has 2 N–H and O–H groups in total. The number of likely N-dealkylation sites (N-methyl/N-ethyl adjacent to an activating group) is 1. The molecular weight excluding hydrogens is 318 g/mol. The van der Waals surface area contributed by atoms with E-state index >= 15 is 0 Å². The number of nitrogens with zero attached hydrogens (tertiary/aromatic N) is 1. The molecule has 132 valence electrons. The Morgan fingerprint density at radius 1 is 1.00 bits per heavy atom. The summed E-state index contributed by atoms with van der Waals surface area (Å²) in [5, 5.41) is 5.53. The van der Waals surface area contributed by atoms with Crippen molar-refractivity contribution in [3.05, 3.63) is 60.2 Å². The highest BCUT2D eigenvalue weighted by Crippen LogP contribution is 2.15. The summed E-state index contributed by atoms with van der Waals surface area (Å²) in [6.07, 6.45) is 0.790. The van der Waals surface area contributed by atoms with Gasteiger partial charge in [-0.25, -0.2) is 4.79 Å². The highest BCUT2D eigenvalue weighted by molar-refractivity contribution is 5.94. The van der Waals surface area contributed by atoms with Crippen LogP contribution < -0.4 is 10.6 Å². The summed E-state index contributed by atoms with van der Waals surface area (Å²) < 4.78 is 4.78. The summed E-state index contributed by atoms with van der Waals surface area (Å²) in [4.78, 5) is 25.4. The molecule has 0 heterocycles. The van der Waals surface area contributed by atoms with Crippen molar-refractivity contribution in [2.75, 3.05) is 37.9 Å². The van der Waals surface area contributed by atoms with Gasteiger partial charge in [0.05, 0.1) is 0 Å². The molecule has 25 heavy (non-hydrogen) atoms. The van der Waals surface area contributed by atoms with Crippen LogP contribution in [-0.2, 0) is 16.0 Å². The number of rotatable bonds is 7. The van der Waals surface area contributed by atoms with Gasteiger partial charge in [0.1, 0.15) is 6.61 Å². The van der Waals surface area contributed by atoms with Crippen LogP contribution in [0.25, 0.3) is 0 Å². The van der Waals surface area contributed by atoms with Crippen LogP contribution in [-0.4, -0.2) is 44.1 Å².